The highest BCUT2D eigenvalue weighted by Gasteiger charge is 2.00. The SMILES string of the molecule is CCCNc1ncc(C#N)cc1N. The van der Waals surface area contributed by atoms with E-state index < -0.39 is 0 Å². The lowest BCUT2D eigenvalue weighted by atomic mass is 10.3. The summed E-state index contributed by atoms with van der Waals surface area (Å²) in [7, 11) is 0. The van der Waals surface area contributed by atoms with Crippen LogP contribution >= 0.6 is 0 Å². The maximum absolute atomic E-state index is 8.56. The zero-order chi connectivity index (χ0) is 9.68. The van der Waals surface area contributed by atoms with Crippen molar-refractivity contribution in [1.82, 2.24) is 4.98 Å². The van der Waals surface area contributed by atoms with Crippen LogP contribution in [0.1, 0.15) is 18.9 Å². The minimum absolute atomic E-state index is 0.486. The van der Waals surface area contributed by atoms with E-state index in [2.05, 4.69) is 17.2 Å². The maximum atomic E-state index is 8.56. The van der Waals surface area contributed by atoms with Crippen LogP contribution in [0.3, 0.4) is 0 Å². The van der Waals surface area contributed by atoms with Gasteiger partial charge in [0.05, 0.1) is 11.3 Å². The Morgan fingerprint density at radius 3 is 3.00 bits per heavy atom. The van der Waals surface area contributed by atoms with E-state index >= 15 is 0 Å². The third-order valence-electron chi connectivity index (χ3n) is 1.59. The summed E-state index contributed by atoms with van der Waals surface area (Å²) >= 11 is 0. The van der Waals surface area contributed by atoms with Crippen LogP contribution in [0.5, 0.6) is 0 Å². The number of hydrogen-bond acceptors (Lipinski definition) is 4. The van der Waals surface area contributed by atoms with Crippen LogP contribution in [0.2, 0.25) is 0 Å². The van der Waals surface area contributed by atoms with Crippen molar-refractivity contribution < 1.29 is 0 Å². The number of anilines is 2. The molecular weight excluding hydrogens is 164 g/mol. The van der Waals surface area contributed by atoms with Crippen LogP contribution in [0, 0.1) is 11.3 Å². The van der Waals surface area contributed by atoms with Crippen LogP contribution in [0.15, 0.2) is 12.3 Å². The lowest BCUT2D eigenvalue weighted by molar-refractivity contribution is 0.970. The number of rotatable bonds is 3. The molecule has 0 radical (unpaired) electrons. The average molecular weight is 176 g/mol. The van der Waals surface area contributed by atoms with E-state index in [1.54, 1.807) is 6.07 Å². The molecule has 68 valence electrons. The van der Waals surface area contributed by atoms with E-state index in [-0.39, 0.29) is 0 Å². The number of nitrogen functional groups attached to an aromatic ring is 1. The predicted octanol–water partition coefficient (Wildman–Crippen LogP) is 1.36. The quantitative estimate of drug-likeness (QED) is 0.729. The topological polar surface area (TPSA) is 74.7 Å². The molecule has 0 spiro atoms. The van der Waals surface area contributed by atoms with Crippen molar-refractivity contribution in [1.29, 1.82) is 5.26 Å². The molecule has 0 aliphatic rings. The Morgan fingerprint density at radius 2 is 2.46 bits per heavy atom. The second-order valence-electron chi connectivity index (χ2n) is 2.70. The van der Waals surface area contributed by atoms with Crippen molar-refractivity contribution in [2.24, 2.45) is 0 Å². The zero-order valence-electron chi connectivity index (χ0n) is 7.54. The molecule has 1 aromatic rings. The molecule has 4 heteroatoms. The summed E-state index contributed by atoms with van der Waals surface area (Å²) in [5.74, 6) is 0.654. The van der Waals surface area contributed by atoms with Crippen molar-refractivity contribution in [3.63, 3.8) is 0 Å². The fraction of sp³-hybridized carbons (Fsp3) is 0.333. The Kier molecular flexibility index (Phi) is 3.09. The molecule has 3 N–H and O–H groups in total. The molecule has 0 aromatic carbocycles. The highest BCUT2D eigenvalue weighted by atomic mass is 15.0. The molecule has 1 heterocycles. The standard InChI is InChI=1S/C9H12N4/c1-2-3-12-9-8(11)4-7(5-10)6-13-9/h4,6H,2-3,11H2,1H3,(H,12,13). The molecule has 0 saturated carbocycles. The minimum Gasteiger partial charge on any atom is -0.396 e. The summed E-state index contributed by atoms with van der Waals surface area (Å²) in [5.41, 5.74) is 6.67. The van der Waals surface area contributed by atoms with Gasteiger partial charge in [0.15, 0.2) is 0 Å². The molecule has 0 bridgehead atoms. The number of nitriles is 1. The maximum Gasteiger partial charge on any atom is 0.149 e. The van der Waals surface area contributed by atoms with Crippen LogP contribution in [0.4, 0.5) is 11.5 Å². The third-order valence-corrected chi connectivity index (χ3v) is 1.59. The molecule has 4 nitrogen and oxygen atoms in total. The summed E-state index contributed by atoms with van der Waals surface area (Å²) < 4.78 is 0. The summed E-state index contributed by atoms with van der Waals surface area (Å²) in [4.78, 5) is 4.03. The van der Waals surface area contributed by atoms with Gasteiger partial charge in [-0.15, -0.1) is 0 Å². The number of nitrogens with two attached hydrogens (primary N) is 1. The Labute approximate surface area is 77.4 Å². The highest BCUT2D eigenvalue weighted by molar-refractivity contribution is 5.62. The van der Waals surface area contributed by atoms with Crippen molar-refractivity contribution >= 4 is 11.5 Å². The van der Waals surface area contributed by atoms with E-state index in [1.165, 1.54) is 6.20 Å². The number of aromatic nitrogens is 1. The smallest absolute Gasteiger partial charge is 0.149 e. The molecule has 0 saturated heterocycles. The Balaban J connectivity index is 2.81. The van der Waals surface area contributed by atoms with Gasteiger partial charge in [0, 0.05) is 12.7 Å². The molecule has 1 aromatic heterocycles. The Bertz CT molecular complexity index is 327. The van der Waals surface area contributed by atoms with Gasteiger partial charge in [0.2, 0.25) is 0 Å². The van der Waals surface area contributed by atoms with Crippen LogP contribution in [-0.2, 0) is 0 Å². The van der Waals surface area contributed by atoms with Crippen molar-refractivity contribution in [3.05, 3.63) is 17.8 Å². The van der Waals surface area contributed by atoms with E-state index in [4.69, 9.17) is 11.0 Å². The summed E-state index contributed by atoms with van der Waals surface area (Å²) in [6.45, 7) is 2.90. The first-order valence-electron chi connectivity index (χ1n) is 4.17. The number of nitrogens with zero attached hydrogens (tertiary/aromatic N) is 2. The lowest BCUT2D eigenvalue weighted by Gasteiger charge is -2.06. The van der Waals surface area contributed by atoms with E-state index in [1.807, 2.05) is 6.07 Å². The molecule has 0 aliphatic heterocycles. The minimum atomic E-state index is 0.486. The third kappa shape index (κ3) is 2.34. The van der Waals surface area contributed by atoms with Crippen LogP contribution in [0.25, 0.3) is 0 Å². The van der Waals surface area contributed by atoms with Gasteiger partial charge >= 0.3 is 0 Å². The predicted molar refractivity (Wildman–Crippen MR) is 52.1 cm³/mol. The largest absolute Gasteiger partial charge is 0.396 e. The molecule has 0 atom stereocenters. The highest BCUT2D eigenvalue weighted by Crippen LogP contribution is 2.15. The molecule has 1 rings (SSSR count). The summed E-state index contributed by atoms with van der Waals surface area (Å²) in [5, 5.41) is 11.6. The zero-order valence-corrected chi connectivity index (χ0v) is 7.54. The first-order chi connectivity index (χ1) is 6.27. The molecule has 0 aliphatic carbocycles. The van der Waals surface area contributed by atoms with Gasteiger partial charge < -0.3 is 11.1 Å². The van der Waals surface area contributed by atoms with Gasteiger partial charge in [0.1, 0.15) is 11.9 Å². The summed E-state index contributed by atoms with van der Waals surface area (Å²) in [6.07, 6.45) is 2.52. The Hall–Kier alpha value is -1.76. The fourth-order valence-corrected chi connectivity index (χ4v) is 0.934. The molecule has 0 fully saturated rings. The van der Waals surface area contributed by atoms with Crippen molar-refractivity contribution in [2.45, 2.75) is 13.3 Å². The van der Waals surface area contributed by atoms with Gasteiger partial charge in [-0.05, 0) is 12.5 Å². The fourth-order valence-electron chi connectivity index (χ4n) is 0.934. The number of hydrogen-bond donors (Lipinski definition) is 2. The van der Waals surface area contributed by atoms with Gasteiger partial charge in [0.25, 0.3) is 0 Å². The summed E-state index contributed by atoms with van der Waals surface area (Å²) in [6, 6.07) is 3.60. The monoisotopic (exact) mass is 176 g/mol. The van der Waals surface area contributed by atoms with Gasteiger partial charge in [-0.2, -0.15) is 5.26 Å². The number of nitrogens with one attached hydrogen (secondary N) is 1. The van der Waals surface area contributed by atoms with Gasteiger partial charge in [-0.3, -0.25) is 0 Å². The average Bonchev–Trinajstić information content (AvgIpc) is 2.16. The first-order valence-corrected chi connectivity index (χ1v) is 4.17. The first kappa shape index (κ1) is 9.33. The van der Waals surface area contributed by atoms with Crippen LogP contribution < -0.4 is 11.1 Å². The number of pyridine rings is 1. The lowest BCUT2D eigenvalue weighted by Crippen LogP contribution is -2.05. The second-order valence-corrected chi connectivity index (χ2v) is 2.70. The molecule has 13 heavy (non-hydrogen) atoms. The molecule has 0 unspecified atom stereocenters. The van der Waals surface area contributed by atoms with E-state index in [0.29, 0.717) is 17.1 Å². The van der Waals surface area contributed by atoms with Crippen molar-refractivity contribution in [2.75, 3.05) is 17.6 Å². The van der Waals surface area contributed by atoms with Crippen molar-refractivity contribution in [3.8, 4) is 6.07 Å². The van der Waals surface area contributed by atoms with E-state index in [0.717, 1.165) is 13.0 Å². The van der Waals surface area contributed by atoms with E-state index in [9.17, 15) is 0 Å². The normalized spacial score (nSPS) is 9.23. The molecular formula is C9H12N4. The second kappa shape index (κ2) is 4.31. The Morgan fingerprint density at radius 1 is 1.69 bits per heavy atom. The van der Waals surface area contributed by atoms with Gasteiger partial charge in [-0.25, -0.2) is 4.98 Å². The molecule has 0 amide bonds. The van der Waals surface area contributed by atoms with Gasteiger partial charge in [-0.1, -0.05) is 6.92 Å². The van der Waals surface area contributed by atoms with Crippen LogP contribution in [-0.4, -0.2) is 11.5 Å².